The average Bonchev–Trinajstić information content (AvgIpc) is 2.90. The van der Waals surface area contributed by atoms with Crippen LogP contribution in [0.25, 0.3) is 0 Å². The molecule has 0 saturated carbocycles. The van der Waals surface area contributed by atoms with Gasteiger partial charge < -0.3 is 10.2 Å². The predicted octanol–water partition coefficient (Wildman–Crippen LogP) is 4.75. The second kappa shape index (κ2) is 12.7. The fourth-order valence-corrected chi connectivity index (χ4v) is 5.66. The Hall–Kier alpha value is -3.65. The molecule has 0 bridgehead atoms. The van der Waals surface area contributed by atoms with E-state index >= 15 is 0 Å². The highest BCUT2D eigenvalue weighted by Gasteiger charge is 2.33. The Balaban J connectivity index is 2.06. The van der Waals surface area contributed by atoms with Crippen LogP contribution in [0.3, 0.4) is 0 Å². The Morgan fingerprint density at radius 1 is 0.868 bits per heavy atom. The lowest BCUT2D eigenvalue weighted by atomic mass is 10.1. The summed E-state index contributed by atoms with van der Waals surface area (Å²) in [5.41, 5.74) is 4.26. The molecule has 3 aromatic carbocycles. The van der Waals surface area contributed by atoms with Crippen LogP contribution in [0.5, 0.6) is 0 Å². The highest BCUT2D eigenvalue weighted by atomic mass is 32.2. The molecular formula is C30H37N3O4S. The highest BCUT2D eigenvalue weighted by Crippen LogP contribution is 2.26. The van der Waals surface area contributed by atoms with Crippen LogP contribution in [0.2, 0.25) is 0 Å². The van der Waals surface area contributed by atoms with E-state index in [0.717, 1.165) is 26.6 Å². The Morgan fingerprint density at radius 2 is 1.53 bits per heavy atom. The first-order valence-corrected chi connectivity index (χ1v) is 14.3. The second-order valence-corrected chi connectivity index (χ2v) is 11.3. The summed E-state index contributed by atoms with van der Waals surface area (Å²) in [7, 11) is -4.07. The summed E-state index contributed by atoms with van der Waals surface area (Å²) in [6, 6.07) is 20.4. The van der Waals surface area contributed by atoms with E-state index in [9.17, 15) is 18.0 Å². The quantitative estimate of drug-likeness (QED) is 0.384. The summed E-state index contributed by atoms with van der Waals surface area (Å²) < 4.78 is 28.8. The number of hydrogen-bond donors (Lipinski definition) is 1. The van der Waals surface area contributed by atoms with Gasteiger partial charge in [-0.3, -0.25) is 13.9 Å². The standard InChI is InChI=1S/C30H37N3O4S/c1-6-28(30(35)31-7-2)32(20-25-16-13-22(3)14-17-25)29(34)21-33(26-18-15-23(4)24(5)19-26)38(36,37)27-11-9-8-10-12-27/h8-19,28H,6-7,20-21H2,1-5H3,(H,31,35)/t28-/m0/s1. The van der Waals surface area contributed by atoms with Crippen LogP contribution in [-0.4, -0.2) is 44.3 Å². The average molecular weight is 536 g/mol. The minimum absolute atomic E-state index is 0.0897. The number of benzene rings is 3. The first-order chi connectivity index (χ1) is 18.1. The molecule has 2 amide bonds. The SMILES string of the molecule is CCNC(=O)[C@H](CC)N(Cc1ccc(C)cc1)C(=O)CN(c1ccc(C)c(C)c1)S(=O)(=O)c1ccccc1. The fourth-order valence-electron chi connectivity index (χ4n) is 4.23. The molecule has 3 aromatic rings. The molecular weight excluding hydrogens is 498 g/mol. The van der Waals surface area contributed by atoms with Crippen molar-refractivity contribution < 1.29 is 18.0 Å². The maximum Gasteiger partial charge on any atom is 0.264 e. The summed E-state index contributed by atoms with van der Waals surface area (Å²) >= 11 is 0. The maximum absolute atomic E-state index is 14.0. The van der Waals surface area contributed by atoms with E-state index in [1.165, 1.54) is 17.0 Å². The highest BCUT2D eigenvalue weighted by molar-refractivity contribution is 7.92. The van der Waals surface area contributed by atoms with Crippen LogP contribution < -0.4 is 9.62 Å². The summed E-state index contributed by atoms with van der Waals surface area (Å²) in [4.78, 5) is 28.5. The molecule has 1 N–H and O–H groups in total. The first-order valence-electron chi connectivity index (χ1n) is 12.9. The normalized spacial score (nSPS) is 12.0. The molecule has 0 unspecified atom stereocenters. The first kappa shape index (κ1) is 28.9. The van der Waals surface area contributed by atoms with E-state index in [-0.39, 0.29) is 17.3 Å². The van der Waals surface area contributed by atoms with Gasteiger partial charge in [0.05, 0.1) is 10.6 Å². The van der Waals surface area contributed by atoms with E-state index in [2.05, 4.69) is 5.32 Å². The Kier molecular flexibility index (Phi) is 9.69. The van der Waals surface area contributed by atoms with Gasteiger partial charge >= 0.3 is 0 Å². The fraction of sp³-hybridized carbons (Fsp3) is 0.333. The summed E-state index contributed by atoms with van der Waals surface area (Å²) in [5, 5.41) is 2.82. The zero-order valence-corrected chi connectivity index (χ0v) is 23.6. The molecule has 3 rings (SSSR count). The van der Waals surface area contributed by atoms with Gasteiger partial charge in [0.25, 0.3) is 10.0 Å². The van der Waals surface area contributed by atoms with Crippen molar-refractivity contribution in [2.24, 2.45) is 0 Å². The number of nitrogens with zero attached hydrogens (tertiary/aromatic N) is 2. The smallest absolute Gasteiger partial charge is 0.264 e. The number of sulfonamides is 1. The molecule has 7 nitrogen and oxygen atoms in total. The maximum atomic E-state index is 14.0. The number of anilines is 1. The molecule has 38 heavy (non-hydrogen) atoms. The lowest BCUT2D eigenvalue weighted by Crippen LogP contribution is -2.52. The van der Waals surface area contributed by atoms with E-state index < -0.39 is 28.5 Å². The summed E-state index contributed by atoms with van der Waals surface area (Å²) in [5.74, 6) is -0.722. The van der Waals surface area contributed by atoms with Gasteiger partial charge in [0, 0.05) is 13.1 Å². The van der Waals surface area contributed by atoms with Gasteiger partial charge in [-0.05, 0) is 75.1 Å². The minimum atomic E-state index is -4.07. The van der Waals surface area contributed by atoms with E-state index in [4.69, 9.17) is 0 Å². The molecule has 0 fully saturated rings. The largest absolute Gasteiger partial charge is 0.355 e. The van der Waals surface area contributed by atoms with Crippen LogP contribution in [-0.2, 0) is 26.2 Å². The third kappa shape index (κ3) is 6.81. The molecule has 0 radical (unpaired) electrons. The number of carbonyl (C=O) groups excluding carboxylic acids is 2. The van der Waals surface area contributed by atoms with Crippen molar-refractivity contribution in [3.05, 3.63) is 95.1 Å². The van der Waals surface area contributed by atoms with Crippen molar-refractivity contribution in [3.8, 4) is 0 Å². The number of carbonyl (C=O) groups is 2. The third-order valence-corrected chi connectivity index (χ3v) is 8.39. The van der Waals surface area contributed by atoms with Crippen LogP contribution in [0.4, 0.5) is 5.69 Å². The summed E-state index contributed by atoms with van der Waals surface area (Å²) in [6.07, 6.45) is 0.387. The van der Waals surface area contributed by atoms with E-state index in [1.54, 1.807) is 30.3 Å². The molecule has 0 aliphatic carbocycles. The van der Waals surface area contributed by atoms with E-state index in [0.29, 0.717) is 18.7 Å². The molecule has 0 aliphatic rings. The van der Waals surface area contributed by atoms with Crippen LogP contribution in [0.1, 0.15) is 42.5 Å². The number of amides is 2. The minimum Gasteiger partial charge on any atom is -0.355 e. The third-order valence-electron chi connectivity index (χ3n) is 6.60. The number of nitrogens with one attached hydrogen (secondary N) is 1. The zero-order chi connectivity index (χ0) is 27.9. The number of aryl methyl sites for hydroxylation is 3. The van der Waals surface area contributed by atoms with Gasteiger partial charge in [-0.2, -0.15) is 0 Å². The molecule has 0 aliphatic heterocycles. The van der Waals surface area contributed by atoms with Crippen molar-refractivity contribution >= 4 is 27.5 Å². The Bertz CT molecular complexity index is 1360. The number of hydrogen-bond acceptors (Lipinski definition) is 4. The molecule has 8 heteroatoms. The van der Waals surface area contributed by atoms with Crippen LogP contribution in [0.15, 0.2) is 77.7 Å². The van der Waals surface area contributed by atoms with Crippen LogP contribution in [0, 0.1) is 20.8 Å². The molecule has 0 saturated heterocycles. The summed E-state index contributed by atoms with van der Waals surface area (Å²) in [6.45, 7) is 9.66. The number of rotatable bonds is 11. The zero-order valence-electron chi connectivity index (χ0n) is 22.8. The van der Waals surface area contributed by atoms with Gasteiger partial charge in [0.15, 0.2) is 0 Å². The lowest BCUT2D eigenvalue weighted by Gasteiger charge is -2.33. The van der Waals surface area contributed by atoms with Crippen molar-refractivity contribution in [2.45, 2.75) is 58.5 Å². The monoisotopic (exact) mass is 535 g/mol. The van der Waals surface area contributed by atoms with Crippen LogP contribution >= 0.6 is 0 Å². The lowest BCUT2D eigenvalue weighted by molar-refractivity contribution is -0.140. The van der Waals surface area contributed by atoms with E-state index in [1.807, 2.05) is 65.0 Å². The molecule has 0 heterocycles. The molecule has 0 aromatic heterocycles. The number of likely N-dealkylation sites (N-methyl/N-ethyl adjacent to an activating group) is 1. The predicted molar refractivity (Wildman–Crippen MR) is 151 cm³/mol. The van der Waals surface area contributed by atoms with Crippen molar-refractivity contribution in [2.75, 3.05) is 17.4 Å². The Labute approximate surface area is 226 Å². The topological polar surface area (TPSA) is 86.8 Å². The van der Waals surface area contributed by atoms with Gasteiger partial charge in [-0.1, -0.05) is 61.0 Å². The van der Waals surface area contributed by atoms with Gasteiger partial charge in [-0.15, -0.1) is 0 Å². The van der Waals surface area contributed by atoms with Crippen molar-refractivity contribution in [1.29, 1.82) is 0 Å². The van der Waals surface area contributed by atoms with Gasteiger partial charge in [0.1, 0.15) is 12.6 Å². The molecule has 202 valence electrons. The molecule has 1 atom stereocenters. The van der Waals surface area contributed by atoms with Crippen molar-refractivity contribution in [3.63, 3.8) is 0 Å². The van der Waals surface area contributed by atoms with Crippen molar-refractivity contribution in [1.82, 2.24) is 10.2 Å². The Morgan fingerprint density at radius 3 is 2.11 bits per heavy atom. The van der Waals surface area contributed by atoms with Gasteiger partial charge in [0.2, 0.25) is 11.8 Å². The second-order valence-electron chi connectivity index (χ2n) is 9.42. The van der Waals surface area contributed by atoms with Gasteiger partial charge in [-0.25, -0.2) is 8.42 Å². The molecule has 0 spiro atoms.